The predicted molar refractivity (Wildman–Crippen MR) is 74.8 cm³/mol. The van der Waals surface area contributed by atoms with Gasteiger partial charge in [0.2, 0.25) is 0 Å². The van der Waals surface area contributed by atoms with E-state index in [1.54, 1.807) is 0 Å². The van der Waals surface area contributed by atoms with Crippen molar-refractivity contribution in [2.24, 2.45) is 0 Å². The van der Waals surface area contributed by atoms with Crippen LogP contribution in [-0.2, 0) is 12.4 Å². The Hall–Kier alpha value is -1.49. The molecule has 0 bridgehead atoms. The standard InChI is InChI=1S/C14H8BF6P/c15-22(11-5-1-9(2-6-11)13(16,17)18)12-7-3-10(4-8-12)14(19,20)21/h1-8H. The van der Waals surface area contributed by atoms with Crippen LogP contribution in [0.5, 0.6) is 0 Å². The van der Waals surface area contributed by atoms with Gasteiger partial charge in [0.05, 0.1) is 11.1 Å². The number of hydrogen-bond acceptors (Lipinski definition) is 0. The SMILES string of the molecule is [B]P(c1ccc(C(F)(F)F)cc1)c1ccc(C(F)(F)F)cc1. The van der Waals surface area contributed by atoms with Gasteiger partial charge in [-0.1, -0.05) is 32.1 Å². The molecule has 0 heterocycles. The molecule has 0 nitrogen and oxygen atoms in total. The van der Waals surface area contributed by atoms with Gasteiger partial charge in [0.25, 0.3) is 0 Å². The third-order valence-corrected chi connectivity index (χ3v) is 4.65. The zero-order valence-corrected chi connectivity index (χ0v) is 11.8. The Morgan fingerprint density at radius 2 is 0.864 bits per heavy atom. The number of halogens is 6. The monoisotopic (exact) mass is 332 g/mol. The highest BCUT2D eigenvalue weighted by molar-refractivity contribution is 7.94. The molecular weight excluding hydrogens is 324 g/mol. The largest absolute Gasteiger partial charge is 0.416 e. The first-order valence-electron chi connectivity index (χ1n) is 5.98. The molecule has 0 spiro atoms. The van der Waals surface area contributed by atoms with Gasteiger partial charge in [-0.2, -0.15) is 26.3 Å². The smallest absolute Gasteiger partial charge is 0.166 e. The highest BCUT2D eigenvalue weighted by Gasteiger charge is 2.31. The van der Waals surface area contributed by atoms with Crippen molar-refractivity contribution in [1.29, 1.82) is 0 Å². The van der Waals surface area contributed by atoms with E-state index in [9.17, 15) is 26.3 Å². The minimum Gasteiger partial charge on any atom is -0.166 e. The second kappa shape index (κ2) is 5.96. The molecule has 114 valence electrons. The van der Waals surface area contributed by atoms with Crippen molar-refractivity contribution in [3.05, 3.63) is 59.7 Å². The summed E-state index contributed by atoms with van der Waals surface area (Å²) < 4.78 is 74.8. The van der Waals surface area contributed by atoms with E-state index in [-0.39, 0.29) is 0 Å². The van der Waals surface area contributed by atoms with Crippen LogP contribution in [0.15, 0.2) is 48.5 Å². The maximum atomic E-state index is 12.5. The lowest BCUT2D eigenvalue weighted by Crippen LogP contribution is -2.14. The number of hydrogen-bond donors (Lipinski definition) is 0. The average molecular weight is 332 g/mol. The molecule has 2 aromatic rings. The Morgan fingerprint density at radius 1 is 0.591 bits per heavy atom. The van der Waals surface area contributed by atoms with Crippen LogP contribution in [0.25, 0.3) is 0 Å². The molecule has 0 saturated carbocycles. The topological polar surface area (TPSA) is 0 Å². The van der Waals surface area contributed by atoms with E-state index in [1.807, 2.05) is 0 Å². The molecule has 0 aromatic heterocycles. The fourth-order valence-corrected chi connectivity index (χ4v) is 3.01. The van der Waals surface area contributed by atoms with Crippen LogP contribution in [0, 0.1) is 0 Å². The van der Waals surface area contributed by atoms with E-state index < -0.39 is 31.3 Å². The van der Waals surface area contributed by atoms with Crippen molar-refractivity contribution in [3.63, 3.8) is 0 Å². The van der Waals surface area contributed by atoms with Gasteiger partial charge in [-0.25, -0.2) is 0 Å². The number of rotatable bonds is 2. The van der Waals surface area contributed by atoms with E-state index in [4.69, 9.17) is 7.57 Å². The van der Waals surface area contributed by atoms with Gasteiger partial charge in [0.15, 0.2) is 0 Å². The Kier molecular flexibility index (Phi) is 4.57. The molecule has 0 atom stereocenters. The zero-order valence-electron chi connectivity index (χ0n) is 10.9. The van der Waals surface area contributed by atoms with Crippen molar-refractivity contribution in [2.75, 3.05) is 0 Å². The Morgan fingerprint density at radius 3 is 1.09 bits per heavy atom. The van der Waals surface area contributed by atoms with Crippen LogP contribution in [0.4, 0.5) is 26.3 Å². The first-order valence-corrected chi connectivity index (χ1v) is 7.39. The van der Waals surface area contributed by atoms with Crippen LogP contribution in [0.2, 0.25) is 0 Å². The maximum Gasteiger partial charge on any atom is 0.416 e. The van der Waals surface area contributed by atoms with Crippen LogP contribution < -0.4 is 10.6 Å². The molecule has 0 aliphatic heterocycles. The third-order valence-electron chi connectivity index (χ3n) is 2.95. The van der Waals surface area contributed by atoms with Gasteiger partial charge >= 0.3 is 12.4 Å². The lowest BCUT2D eigenvalue weighted by atomic mass is 10.2. The molecule has 8 heteroatoms. The molecule has 0 N–H and O–H groups in total. The zero-order chi connectivity index (χ0) is 16.5. The summed E-state index contributed by atoms with van der Waals surface area (Å²) in [6.45, 7) is 0. The summed E-state index contributed by atoms with van der Waals surface area (Å²) >= 11 is 0. The average Bonchev–Trinajstić information content (AvgIpc) is 2.45. The summed E-state index contributed by atoms with van der Waals surface area (Å²) in [6.07, 6.45) is -8.88. The minimum atomic E-state index is -4.44. The Balaban J connectivity index is 2.23. The van der Waals surface area contributed by atoms with Gasteiger partial charge in [0.1, 0.15) is 7.57 Å². The molecule has 2 rings (SSSR count). The molecule has 0 aliphatic rings. The van der Waals surface area contributed by atoms with Crippen molar-refractivity contribution in [2.45, 2.75) is 12.4 Å². The van der Waals surface area contributed by atoms with E-state index in [0.717, 1.165) is 24.3 Å². The van der Waals surface area contributed by atoms with Gasteiger partial charge in [-0.05, 0) is 34.9 Å². The quantitative estimate of drug-likeness (QED) is 0.438. The summed E-state index contributed by atoms with van der Waals surface area (Å²) in [5, 5.41) is 0.894. The molecule has 0 amide bonds. The minimum absolute atomic E-state index is 0.447. The van der Waals surface area contributed by atoms with Gasteiger partial charge < -0.3 is 0 Å². The summed E-state index contributed by atoms with van der Waals surface area (Å²) in [7, 11) is 4.43. The van der Waals surface area contributed by atoms with Gasteiger partial charge in [-0.3, -0.25) is 0 Å². The fraction of sp³-hybridized carbons (Fsp3) is 0.143. The Labute approximate surface area is 125 Å². The van der Waals surface area contributed by atoms with E-state index in [2.05, 4.69) is 0 Å². The normalized spacial score (nSPS) is 12.7. The highest BCUT2D eigenvalue weighted by Crippen LogP contribution is 2.33. The number of benzene rings is 2. The predicted octanol–water partition coefficient (Wildman–Crippen LogP) is 4.24. The molecule has 2 aromatic carbocycles. The van der Waals surface area contributed by atoms with Crippen LogP contribution in [0.1, 0.15) is 11.1 Å². The first kappa shape index (κ1) is 16.9. The van der Waals surface area contributed by atoms with E-state index in [0.29, 0.717) is 10.6 Å². The number of alkyl halides is 6. The van der Waals surface area contributed by atoms with E-state index in [1.165, 1.54) is 24.3 Å². The van der Waals surface area contributed by atoms with Gasteiger partial charge in [-0.15, -0.1) is 0 Å². The first-order chi connectivity index (χ1) is 10.1. The molecule has 0 fully saturated rings. The summed E-state index contributed by atoms with van der Waals surface area (Å²) in [5.41, 5.74) is -1.60. The lowest BCUT2D eigenvalue weighted by Gasteiger charge is -2.16. The maximum absolute atomic E-state index is 12.5. The van der Waals surface area contributed by atoms with Gasteiger partial charge in [0, 0.05) is 0 Å². The summed E-state index contributed by atoms with van der Waals surface area (Å²) in [5.74, 6) is 0. The molecule has 0 saturated heterocycles. The lowest BCUT2D eigenvalue weighted by molar-refractivity contribution is -0.138. The van der Waals surface area contributed by atoms with Crippen molar-refractivity contribution >= 4 is 26.0 Å². The molecule has 0 aliphatic carbocycles. The fourth-order valence-electron chi connectivity index (χ4n) is 1.77. The van der Waals surface area contributed by atoms with Crippen LogP contribution in [0.3, 0.4) is 0 Å². The van der Waals surface area contributed by atoms with E-state index >= 15 is 0 Å². The summed E-state index contributed by atoms with van der Waals surface area (Å²) in [6, 6.07) is 8.59. The molecule has 22 heavy (non-hydrogen) atoms. The van der Waals surface area contributed by atoms with Crippen molar-refractivity contribution in [1.82, 2.24) is 0 Å². The Bertz CT molecular complexity index is 573. The highest BCUT2D eigenvalue weighted by atomic mass is 31.1. The second-order valence-corrected chi connectivity index (χ2v) is 6.23. The van der Waals surface area contributed by atoms with Crippen molar-refractivity contribution in [3.8, 4) is 0 Å². The van der Waals surface area contributed by atoms with Crippen LogP contribution in [-0.4, -0.2) is 7.57 Å². The molecule has 0 unspecified atom stereocenters. The molecular formula is C14H8BF6P. The molecule has 2 radical (unpaired) electrons. The van der Waals surface area contributed by atoms with Crippen LogP contribution >= 0.6 is 7.80 Å². The third kappa shape index (κ3) is 3.83. The second-order valence-electron chi connectivity index (χ2n) is 4.46. The van der Waals surface area contributed by atoms with Crippen molar-refractivity contribution < 1.29 is 26.3 Å². The summed E-state index contributed by atoms with van der Waals surface area (Å²) in [4.78, 5) is 0.